The van der Waals surface area contributed by atoms with E-state index in [-0.39, 0.29) is 0 Å². The molecule has 3 N–H and O–H groups in total. The van der Waals surface area contributed by atoms with Crippen LogP contribution >= 0.6 is 0 Å². The molecule has 0 aliphatic heterocycles. The lowest BCUT2D eigenvalue weighted by atomic mass is 10.2. The Morgan fingerprint density at radius 3 is 2.76 bits per heavy atom. The van der Waals surface area contributed by atoms with Crippen molar-refractivity contribution in [3.63, 3.8) is 0 Å². The van der Waals surface area contributed by atoms with Crippen LogP contribution in [-0.2, 0) is 13.2 Å². The lowest BCUT2D eigenvalue weighted by Crippen LogP contribution is -2.32. The quantitative estimate of drug-likeness (QED) is 0.393. The lowest BCUT2D eigenvalue weighted by Gasteiger charge is -2.10. The van der Waals surface area contributed by atoms with Gasteiger partial charge in [-0.2, -0.15) is 0 Å². The average molecular weight is 340 g/mol. The molecule has 0 amide bonds. The zero-order valence-corrected chi connectivity index (χ0v) is 14.9. The smallest absolute Gasteiger partial charge is 0.218 e. The monoisotopic (exact) mass is 340 g/mol. The van der Waals surface area contributed by atoms with Crippen molar-refractivity contribution in [2.45, 2.75) is 45.8 Å². The van der Waals surface area contributed by atoms with E-state index in [1.54, 1.807) is 6.20 Å². The minimum atomic E-state index is 0.450. The van der Waals surface area contributed by atoms with Gasteiger partial charge in [0.2, 0.25) is 5.88 Å². The third kappa shape index (κ3) is 7.25. The van der Waals surface area contributed by atoms with Crippen molar-refractivity contribution in [1.29, 1.82) is 0 Å². The van der Waals surface area contributed by atoms with Gasteiger partial charge >= 0.3 is 0 Å². The summed E-state index contributed by atoms with van der Waals surface area (Å²) < 4.78 is 5.84. The predicted molar refractivity (Wildman–Crippen MR) is 102 cm³/mol. The number of aromatic nitrogens is 1. The normalized spacial score (nSPS) is 11.3. The Balaban J connectivity index is 1.84. The van der Waals surface area contributed by atoms with Crippen LogP contribution in [0.25, 0.3) is 0 Å². The summed E-state index contributed by atoms with van der Waals surface area (Å²) in [6.07, 6.45) is 6.55. The summed E-state index contributed by atoms with van der Waals surface area (Å²) in [6, 6.07) is 13.9. The van der Waals surface area contributed by atoms with Crippen LogP contribution in [0.5, 0.6) is 5.88 Å². The summed E-state index contributed by atoms with van der Waals surface area (Å²) in [5.74, 6) is 1.07. The van der Waals surface area contributed by atoms with E-state index in [4.69, 9.17) is 10.5 Å². The molecule has 25 heavy (non-hydrogen) atoms. The number of nitrogens with two attached hydrogens (primary N) is 1. The molecule has 1 heterocycles. The lowest BCUT2D eigenvalue weighted by molar-refractivity contribution is 0.290. The first-order chi connectivity index (χ1) is 12.3. The number of aliphatic imine (C=N–C) groups is 1. The van der Waals surface area contributed by atoms with Gasteiger partial charge in [-0.1, -0.05) is 62.6 Å². The fourth-order valence-electron chi connectivity index (χ4n) is 2.39. The van der Waals surface area contributed by atoms with Crippen molar-refractivity contribution in [1.82, 2.24) is 10.3 Å². The van der Waals surface area contributed by atoms with Gasteiger partial charge in [0.15, 0.2) is 5.96 Å². The number of guanidine groups is 1. The highest BCUT2D eigenvalue weighted by Crippen LogP contribution is 2.17. The van der Waals surface area contributed by atoms with Crippen LogP contribution in [-0.4, -0.2) is 17.5 Å². The number of unbranched alkanes of at least 4 members (excludes halogenated alkanes) is 3. The van der Waals surface area contributed by atoms with Crippen molar-refractivity contribution >= 4 is 5.96 Å². The van der Waals surface area contributed by atoms with E-state index in [2.05, 4.69) is 22.2 Å². The van der Waals surface area contributed by atoms with Crippen LogP contribution in [0.1, 0.15) is 43.7 Å². The third-order valence-electron chi connectivity index (χ3n) is 3.82. The number of nitrogens with one attached hydrogen (secondary N) is 1. The van der Waals surface area contributed by atoms with E-state index in [9.17, 15) is 0 Å². The Labute approximate surface area is 150 Å². The Hall–Kier alpha value is -2.56. The second kappa shape index (κ2) is 11.1. The molecule has 0 radical (unpaired) electrons. The van der Waals surface area contributed by atoms with Gasteiger partial charge in [-0.05, 0) is 18.1 Å². The fraction of sp³-hybridized carbons (Fsp3) is 0.400. The molecule has 0 saturated heterocycles. The number of ether oxygens (including phenoxy) is 1. The summed E-state index contributed by atoms with van der Waals surface area (Å²) in [4.78, 5) is 8.71. The Kier molecular flexibility index (Phi) is 8.32. The topological polar surface area (TPSA) is 72.5 Å². The number of nitrogens with zero attached hydrogens (tertiary/aromatic N) is 2. The molecule has 0 fully saturated rings. The van der Waals surface area contributed by atoms with Crippen molar-refractivity contribution < 1.29 is 4.74 Å². The minimum absolute atomic E-state index is 0.450. The second-order valence-corrected chi connectivity index (χ2v) is 5.93. The first kappa shape index (κ1) is 18.8. The van der Waals surface area contributed by atoms with Crippen LogP contribution in [0.15, 0.2) is 53.7 Å². The standard InChI is InChI=1S/C20H28N4O/c1-2-3-4-8-13-23-20(21)24-15-18-12-9-14-22-19(18)25-16-17-10-6-5-7-11-17/h5-7,9-12,14H,2-4,8,13,15-16H2,1H3,(H3,21,23,24). The molecule has 5 nitrogen and oxygen atoms in total. The molecule has 2 rings (SSSR count). The molecule has 0 unspecified atom stereocenters. The molecule has 134 valence electrons. The maximum Gasteiger partial charge on any atom is 0.218 e. The first-order valence-corrected chi connectivity index (χ1v) is 8.94. The zero-order valence-electron chi connectivity index (χ0n) is 14.9. The van der Waals surface area contributed by atoms with Crippen LogP contribution in [0.2, 0.25) is 0 Å². The van der Waals surface area contributed by atoms with Crippen LogP contribution in [0, 0.1) is 0 Å². The molecule has 1 aromatic heterocycles. The third-order valence-corrected chi connectivity index (χ3v) is 3.82. The van der Waals surface area contributed by atoms with Crippen molar-refractivity contribution in [3.05, 3.63) is 59.8 Å². The van der Waals surface area contributed by atoms with Crippen molar-refractivity contribution in [2.75, 3.05) is 6.54 Å². The number of hydrogen-bond acceptors (Lipinski definition) is 3. The number of rotatable bonds is 10. The van der Waals surface area contributed by atoms with E-state index in [1.165, 1.54) is 19.3 Å². The van der Waals surface area contributed by atoms with Gasteiger partial charge in [0.1, 0.15) is 6.61 Å². The summed E-state index contributed by atoms with van der Waals surface area (Å²) in [5, 5.41) is 3.16. The summed E-state index contributed by atoms with van der Waals surface area (Å²) in [5.41, 5.74) is 7.96. The second-order valence-electron chi connectivity index (χ2n) is 5.93. The van der Waals surface area contributed by atoms with E-state index in [1.807, 2.05) is 42.5 Å². The largest absolute Gasteiger partial charge is 0.473 e. The summed E-state index contributed by atoms with van der Waals surface area (Å²) in [6.45, 7) is 4.00. The maximum absolute atomic E-state index is 5.93. The highest BCUT2D eigenvalue weighted by Gasteiger charge is 2.05. The molecule has 0 saturated carbocycles. The number of pyridine rings is 1. The van der Waals surface area contributed by atoms with Gasteiger partial charge in [0.25, 0.3) is 0 Å². The van der Waals surface area contributed by atoms with Crippen molar-refractivity contribution in [2.24, 2.45) is 10.7 Å². The van der Waals surface area contributed by atoms with E-state index >= 15 is 0 Å². The predicted octanol–water partition coefficient (Wildman–Crippen LogP) is 3.65. The molecule has 0 bridgehead atoms. The van der Waals surface area contributed by atoms with Gasteiger partial charge in [0, 0.05) is 18.3 Å². The van der Waals surface area contributed by atoms with Crippen LogP contribution in [0.4, 0.5) is 0 Å². The Morgan fingerprint density at radius 2 is 1.96 bits per heavy atom. The molecule has 5 heteroatoms. The number of benzene rings is 1. The Bertz CT molecular complexity index is 643. The van der Waals surface area contributed by atoms with Gasteiger partial charge in [-0.15, -0.1) is 0 Å². The Morgan fingerprint density at radius 1 is 1.12 bits per heavy atom. The molecule has 2 aromatic rings. The SMILES string of the molecule is CCCCCCNC(N)=NCc1cccnc1OCc1ccccc1. The van der Waals surface area contributed by atoms with Gasteiger partial charge in [-0.3, -0.25) is 0 Å². The molecule has 1 aromatic carbocycles. The molecule has 0 atom stereocenters. The average Bonchev–Trinajstić information content (AvgIpc) is 2.66. The molecule has 0 aliphatic carbocycles. The van der Waals surface area contributed by atoms with Gasteiger partial charge in [-0.25, -0.2) is 9.98 Å². The molecule has 0 aliphatic rings. The number of hydrogen-bond donors (Lipinski definition) is 2. The summed E-state index contributed by atoms with van der Waals surface area (Å²) >= 11 is 0. The van der Waals surface area contributed by atoms with Crippen molar-refractivity contribution in [3.8, 4) is 5.88 Å². The molecule has 0 spiro atoms. The van der Waals surface area contributed by atoms with Crippen LogP contribution < -0.4 is 15.8 Å². The van der Waals surface area contributed by atoms with E-state index in [0.29, 0.717) is 25.0 Å². The highest BCUT2D eigenvalue weighted by atomic mass is 16.5. The van der Waals surface area contributed by atoms with Gasteiger partial charge < -0.3 is 15.8 Å². The van der Waals surface area contributed by atoms with Crippen LogP contribution in [0.3, 0.4) is 0 Å². The fourth-order valence-corrected chi connectivity index (χ4v) is 2.39. The van der Waals surface area contributed by atoms with E-state index < -0.39 is 0 Å². The maximum atomic E-state index is 5.93. The first-order valence-electron chi connectivity index (χ1n) is 8.94. The zero-order chi connectivity index (χ0) is 17.7. The summed E-state index contributed by atoms with van der Waals surface area (Å²) in [7, 11) is 0. The minimum Gasteiger partial charge on any atom is -0.473 e. The molecular weight excluding hydrogens is 312 g/mol. The van der Waals surface area contributed by atoms with E-state index in [0.717, 1.165) is 24.1 Å². The molecular formula is C20H28N4O. The van der Waals surface area contributed by atoms with Gasteiger partial charge in [0.05, 0.1) is 6.54 Å². The highest BCUT2D eigenvalue weighted by molar-refractivity contribution is 5.77.